The Kier molecular flexibility index (Phi) is 4.14. The summed E-state index contributed by atoms with van der Waals surface area (Å²) in [5.41, 5.74) is -0.0343. The number of likely N-dealkylation sites (tertiary alicyclic amines) is 1. The standard InChI is InChI=1S/C14H18F2N2O/c1-17-4-3-10(7-17)8-18(2)14-12(15)5-11(9-19)6-13(14)16/h5-6,9-10H,3-4,7-8H2,1-2H3. The molecule has 2 rings (SSSR count). The lowest BCUT2D eigenvalue weighted by molar-refractivity contribution is 0.112. The number of aldehydes is 1. The number of hydrogen-bond acceptors (Lipinski definition) is 3. The van der Waals surface area contributed by atoms with Crippen LogP contribution in [0.15, 0.2) is 12.1 Å². The summed E-state index contributed by atoms with van der Waals surface area (Å²) in [5.74, 6) is -0.952. The third-order valence-corrected chi connectivity index (χ3v) is 3.58. The van der Waals surface area contributed by atoms with Gasteiger partial charge >= 0.3 is 0 Å². The largest absolute Gasteiger partial charge is 0.370 e. The van der Waals surface area contributed by atoms with Crippen molar-refractivity contribution in [2.45, 2.75) is 6.42 Å². The van der Waals surface area contributed by atoms with E-state index in [1.54, 1.807) is 11.9 Å². The van der Waals surface area contributed by atoms with Crippen LogP contribution in [0.1, 0.15) is 16.8 Å². The molecule has 5 heteroatoms. The minimum atomic E-state index is -0.684. The fraction of sp³-hybridized carbons (Fsp3) is 0.500. The van der Waals surface area contributed by atoms with Crippen LogP contribution in [0.25, 0.3) is 0 Å². The van der Waals surface area contributed by atoms with Crippen LogP contribution in [0.4, 0.5) is 14.5 Å². The van der Waals surface area contributed by atoms with Gasteiger partial charge in [0.2, 0.25) is 0 Å². The van der Waals surface area contributed by atoms with Gasteiger partial charge in [0.15, 0.2) is 0 Å². The summed E-state index contributed by atoms with van der Waals surface area (Å²) in [4.78, 5) is 14.4. The molecule has 1 atom stereocenters. The quantitative estimate of drug-likeness (QED) is 0.782. The normalized spacial score (nSPS) is 19.7. The maximum Gasteiger partial charge on any atom is 0.150 e. The molecule has 1 aliphatic rings. The first-order chi connectivity index (χ1) is 9.01. The topological polar surface area (TPSA) is 23.6 Å². The Morgan fingerprint density at radius 3 is 2.53 bits per heavy atom. The van der Waals surface area contributed by atoms with Crippen molar-refractivity contribution in [1.29, 1.82) is 0 Å². The summed E-state index contributed by atoms with van der Waals surface area (Å²) < 4.78 is 27.7. The lowest BCUT2D eigenvalue weighted by Crippen LogP contribution is -2.28. The molecule has 1 aromatic rings. The lowest BCUT2D eigenvalue weighted by atomic mass is 10.1. The van der Waals surface area contributed by atoms with Gasteiger partial charge in [0.1, 0.15) is 23.6 Å². The summed E-state index contributed by atoms with van der Waals surface area (Å²) >= 11 is 0. The van der Waals surface area contributed by atoms with Gasteiger partial charge in [-0.05, 0) is 38.1 Å². The van der Waals surface area contributed by atoms with Crippen molar-refractivity contribution < 1.29 is 13.6 Å². The van der Waals surface area contributed by atoms with Gasteiger partial charge in [-0.2, -0.15) is 0 Å². The zero-order valence-electron chi connectivity index (χ0n) is 11.2. The number of halogens is 2. The van der Waals surface area contributed by atoms with E-state index in [2.05, 4.69) is 4.90 Å². The molecule has 1 fully saturated rings. The Hall–Kier alpha value is -1.49. The molecule has 0 amide bonds. The van der Waals surface area contributed by atoms with E-state index in [1.807, 2.05) is 7.05 Å². The molecule has 3 nitrogen and oxygen atoms in total. The van der Waals surface area contributed by atoms with E-state index < -0.39 is 11.6 Å². The van der Waals surface area contributed by atoms with Crippen molar-refractivity contribution in [3.05, 3.63) is 29.3 Å². The molecular formula is C14H18F2N2O. The molecule has 19 heavy (non-hydrogen) atoms. The molecule has 0 aromatic heterocycles. The van der Waals surface area contributed by atoms with E-state index in [0.717, 1.165) is 31.6 Å². The highest BCUT2D eigenvalue weighted by atomic mass is 19.1. The molecule has 1 aromatic carbocycles. The van der Waals surface area contributed by atoms with Crippen LogP contribution in [0.2, 0.25) is 0 Å². The van der Waals surface area contributed by atoms with Gasteiger partial charge in [-0.15, -0.1) is 0 Å². The van der Waals surface area contributed by atoms with Crippen LogP contribution in [0.3, 0.4) is 0 Å². The van der Waals surface area contributed by atoms with Gasteiger partial charge in [0.05, 0.1) is 0 Å². The van der Waals surface area contributed by atoms with E-state index in [1.165, 1.54) is 0 Å². The van der Waals surface area contributed by atoms with E-state index >= 15 is 0 Å². The Morgan fingerprint density at radius 1 is 1.42 bits per heavy atom. The zero-order chi connectivity index (χ0) is 14.0. The van der Waals surface area contributed by atoms with E-state index in [0.29, 0.717) is 18.7 Å². The van der Waals surface area contributed by atoms with Crippen LogP contribution in [0.5, 0.6) is 0 Å². The van der Waals surface area contributed by atoms with Crippen molar-refractivity contribution in [2.75, 3.05) is 38.6 Å². The van der Waals surface area contributed by atoms with Gasteiger partial charge in [0, 0.05) is 25.7 Å². The number of hydrogen-bond donors (Lipinski definition) is 0. The molecular weight excluding hydrogens is 250 g/mol. The predicted octanol–water partition coefficient (Wildman–Crippen LogP) is 2.17. The van der Waals surface area contributed by atoms with Crippen molar-refractivity contribution in [3.63, 3.8) is 0 Å². The first-order valence-corrected chi connectivity index (χ1v) is 6.35. The first-order valence-electron chi connectivity index (χ1n) is 6.35. The monoisotopic (exact) mass is 268 g/mol. The number of carbonyl (C=O) groups is 1. The zero-order valence-corrected chi connectivity index (χ0v) is 11.2. The molecule has 0 N–H and O–H groups in total. The average Bonchev–Trinajstić information content (AvgIpc) is 2.73. The van der Waals surface area contributed by atoms with Crippen molar-refractivity contribution >= 4 is 12.0 Å². The highest BCUT2D eigenvalue weighted by molar-refractivity contribution is 5.76. The van der Waals surface area contributed by atoms with Gasteiger partial charge in [-0.25, -0.2) is 8.78 Å². The highest BCUT2D eigenvalue weighted by Crippen LogP contribution is 2.26. The Bertz CT molecular complexity index is 456. The molecule has 0 spiro atoms. The minimum absolute atomic E-state index is 0.0211. The maximum absolute atomic E-state index is 13.8. The third-order valence-electron chi connectivity index (χ3n) is 3.58. The van der Waals surface area contributed by atoms with Crippen LogP contribution in [-0.2, 0) is 0 Å². The molecule has 1 unspecified atom stereocenters. The number of anilines is 1. The molecule has 1 saturated heterocycles. The molecule has 0 bridgehead atoms. The van der Waals surface area contributed by atoms with Crippen LogP contribution >= 0.6 is 0 Å². The number of benzene rings is 1. The van der Waals surface area contributed by atoms with Gasteiger partial charge in [-0.1, -0.05) is 0 Å². The third kappa shape index (κ3) is 3.10. The average molecular weight is 268 g/mol. The number of rotatable bonds is 4. The summed E-state index contributed by atoms with van der Waals surface area (Å²) in [6.45, 7) is 2.58. The minimum Gasteiger partial charge on any atom is -0.370 e. The molecule has 104 valence electrons. The van der Waals surface area contributed by atoms with Crippen molar-refractivity contribution in [1.82, 2.24) is 4.90 Å². The second-order valence-electron chi connectivity index (χ2n) is 5.25. The predicted molar refractivity (Wildman–Crippen MR) is 70.6 cm³/mol. The van der Waals surface area contributed by atoms with Crippen molar-refractivity contribution in [2.24, 2.45) is 5.92 Å². The highest BCUT2D eigenvalue weighted by Gasteiger charge is 2.23. The summed E-state index contributed by atoms with van der Waals surface area (Å²) in [6, 6.07) is 2.14. The van der Waals surface area contributed by atoms with Crippen molar-refractivity contribution in [3.8, 4) is 0 Å². The second kappa shape index (κ2) is 5.65. The van der Waals surface area contributed by atoms with E-state index in [9.17, 15) is 13.6 Å². The number of carbonyl (C=O) groups excluding carboxylic acids is 1. The molecule has 1 heterocycles. The summed E-state index contributed by atoms with van der Waals surface area (Å²) in [5, 5.41) is 0. The molecule has 1 aliphatic heterocycles. The van der Waals surface area contributed by atoms with Gasteiger partial charge < -0.3 is 9.80 Å². The Labute approximate surface area is 111 Å². The fourth-order valence-corrected chi connectivity index (χ4v) is 2.67. The lowest BCUT2D eigenvalue weighted by Gasteiger charge is -2.24. The van der Waals surface area contributed by atoms with Gasteiger partial charge in [0.25, 0.3) is 0 Å². The Morgan fingerprint density at radius 2 is 2.05 bits per heavy atom. The SMILES string of the molecule is CN1CCC(CN(C)c2c(F)cc(C=O)cc2F)C1. The summed E-state index contributed by atoms with van der Waals surface area (Å²) in [6.07, 6.45) is 1.48. The van der Waals surface area contributed by atoms with Crippen LogP contribution in [-0.4, -0.2) is 44.9 Å². The smallest absolute Gasteiger partial charge is 0.150 e. The molecule has 0 radical (unpaired) electrons. The summed E-state index contributed by atoms with van der Waals surface area (Å²) in [7, 11) is 3.72. The Balaban J connectivity index is 2.14. The fourth-order valence-electron chi connectivity index (χ4n) is 2.67. The number of nitrogens with zero attached hydrogens (tertiary/aromatic N) is 2. The first kappa shape index (κ1) is 13.9. The van der Waals surface area contributed by atoms with E-state index in [4.69, 9.17) is 0 Å². The maximum atomic E-state index is 13.8. The van der Waals surface area contributed by atoms with E-state index in [-0.39, 0.29) is 11.3 Å². The van der Waals surface area contributed by atoms with Crippen LogP contribution < -0.4 is 4.90 Å². The molecule has 0 saturated carbocycles. The second-order valence-corrected chi connectivity index (χ2v) is 5.25. The molecule has 0 aliphatic carbocycles. The van der Waals surface area contributed by atoms with Crippen LogP contribution in [0, 0.1) is 17.6 Å². The van der Waals surface area contributed by atoms with Gasteiger partial charge in [-0.3, -0.25) is 4.79 Å².